The Balaban J connectivity index is 1.34. The first-order valence-corrected chi connectivity index (χ1v) is 13.3. The maximum absolute atomic E-state index is 13.5. The van der Waals surface area contributed by atoms with Crippen LogP contribution in [0.2, 0.25) is 0 Å². The molecule has 0 saturated carbocycles. The van der Waals surface area contributed by atoms with E-state index in [4.69, 9.17) is 4.42 Å². The van der Waals surface area contributed by atoms with Gasteiger partial charge in [-0.25, -0.2) is 4.68 Å². The van der Waals surface area contributed by atoms with Crippen molar-refractivity contribution >= 4 is 33.9 Å². The van der Waals surface area contributed by atoms with Crippen LogP contribution in [0.5, 0.6) is 0 Å². The number of carbonyl (C=O) groups excluding carboxylic acids is 1. The smallest absolute Gasteiger partial charge is 0.304 e. The lowest BCUT2D eigenvalue weighted by Crippen LogP contribution is -2.36. The van der Waals surface area contributed by atoms with E-state index in [0.717, 1.165) is 50.7 Å². The Morgan fingerprint density at radius 1 is 1.05 bits per heavy atom. The van der Waals surface area contributed by atoms with Gasteiger partial charge in [-0.3, -0.25) is 9.59 Å². The second-order valence-corrected chi connectivity index (χ2v) is 10.3. The molecule has 1 atom stereocenters. The number of para-hydroxylation sites is 1. The Labute approximate surface area is 225 Å². The fourth-order valence-corrected chi connectivity index (χ4v) is 5.86. The number of aliphatic carboxylic acids is 1. The molecule has 6 rings (SSSR count). The molecule has 0 radical (unpaired) electrons. The minimum absolute atomic E-state index is 0.0477. The summed E-state index contributed by atoms with van der Waals surface area (Å²) in [5.41, 5.74) is 8.28. The SMILES string of the molecule is CCn1nnc2c(C)c(C(CC(=O)O)c3ccc4c(c3)CN(C(=O)c3oc5ccccc5c3C)CC4)ccc21. The number of carboxylic acids is 1. The molecule has 2 aromatic heterocycles. The Bertz CT molecular complexity index is 1750. The largest absolute Gasteiger partial charge is 0.481 e. The molecule has 0 saturated heterocycles. The maximum Gasteiger partial charge on any atom is 0.304 e. The van der Waals surface area contributed by atoms with E-state index >= 15 is 0 Å². The molecule has 1 unspecified atom stereocenters. The number of furan rings is 1. The highest BCUT2D eigenvalue weighted by Gasteiger charge is 2.28. The van der Waals surface area contributed by atoms with Gasteiger partial charge in [0, 0.05) is 36.5 Å². The summed E-state index contributed by atoms with van der Waals surface area (Å²) in [4.78, 5) is 27.3. The van der Waals surface area contributed by atoms with Crippen molar-refractivity contribution in [2.24, 2.45) is 0 Å². The lowest BCUT2D eigenvalue weighted by molar-refractivity contribution is -0.137. The number of carbonyl (C=O) groups is 2. The Morgan fingerprint density at radius 3 is 2.64 bits per heavy atom. The molecule has 198 valence electrons. The zero-order chi connectivity index (χ0) is 27.3. The first kappa shape index (κ1) is 24.9. The van der Waals surface area contributed by atoms with Crippen LogP contribution in [0, 0.1) is 13.8 Å². The number of nitrogens with zero attached hydrogens (tertiary/aromatic N) is 4. The molecule has 0 spiro atoms. The van der Waals surface area contributed by atoms with Crippen LogP contribution in [0.15, 0.2) is 59.0 Å². The lowest BCUT2D eigenvalue weighted by Gasteiger charge is -2.29. The molecule has 3 aromatic carbocycles. The second kappa shape index (κ2) is 9.69. The van der Waals surface area contributed by atoms with Crippen molar-refractivity contribution in [2.45, 2.75) is 52.6 Å². The summed E-state index contributed by atoms with van der Waals surface area (Å²) in [5, 5.41) is 19.4. The van der Waals surface area contributed by atoms with Gasteiger partial charge in [-0.2, -0.15) is 0 Å². The van der Waals surface area contributed by atoms with Crippen molar-refractivity contribution in [3.63, 3.8) is 0 Å². The van der Waals surface area contributed by atoms with Crippen molar-refractivity contribution in [2.75, 3.05) is 6.54 Å². The lowest BCUT2D eigenvalue weighted by atomic mass is 9.83. The summed E-state index contributed by atoms with van der Waals surface area (Å²) < 4.78 is 7.79. The number of carboxylic acid groups (broad SMARTS) is 1. The molecule has 1 N–H and O–H groups in total. The summed E-state index contributed by atoms with van der Waals surface area (Å²) in [6.45, 7) is 7.67. The summed E-state index contributed by atoms with van der Waals surface area (Å²) in [6.07, 6.45) is 0.684. The molecule has 0 fully saturated rings. The van der Waals surface area contributed by atoms with Gasteiger partial charge in [0.15, 0.2) is 5.76 Å². The van der Waals surface area contributed by atoms with Crippen LogP contribution in [-0.2, 0) is 24.3 Å². The van der Waals surface area contributed by atoms with Crippen LogP contribution in [0.4, 0.5) is 0 Å². The van der Waals surface area contributed by atoms with E-state index in [9.17, 15) is 14.7 Å². The third-order valence-corrected chi connectivity index (χ3v) is 8.01. The fourth-order valence-electron chi connectivity index (χ4n) is 5.86. The summed E-state index contributed by atoms with van der Waals surface area (Å²) in [6, 6.07) is 17.8. The molecule has 8 heteroatoms. The van der Waals surface area contributed by atoms with E-state index in [2.05, 4.69) is 22.4 Å². The number of amides is 1. The summed E-state index contributed by atoms with van der Waals surface area (Å²) in [5.74, 6) is -0.968. The molecule has 8 nitrogen and oxygen atoms in total. The Hall–Kier alpha value is -4.46. The van der Waals surface area contributed by atoms with Crippen molar-refractivity contribution < 1.29 is 19.1 Å². The van der Waals surface area contributed by atoms with Gasteiger partial charge in [0.2, 0.25) is 0 Å². The normalized spacial score (nSPS) is 14.1. The minimum Gasteiger partial charge on any atom is -0.481 e. The van der Waals surface area contributed by atoms with Gasteiger partial charge in [0.1, 0.15) is 11.1 Å². The standard InChI is InChI=1S/C31H30N4O4/c1-4-35-26-12-11-23(18(2)29(26)32-33-35)25(16-28(36)37)21-10-9-20-13-14-34(17-22(20)15-21)31(38)30-19(3)24-7-5-6-8-27(24)39-30/h5-12,15,25H,4,13-14,16-17H2,1-3H3,(H,36,37). The third kappa shape index (κ3) is 4.26. The number of rotatable bonds is 6. The molecule has 1 aliphatic rings. The molecule has 1 amide bonds. The monoisotopic (exact) mass is 522 g/mol. The summed E-state index contributed by atoms with van der Waals surface area (Å²) >= 11 is 0. The quantitative estimate of drug-likeness (QED) is 0.311. The van der Waals surface area contributed by atoms with Crippen LogP contribution in [-0.4, -0.2) is 43.4 Å². The number of benzene rings is 3. The zero-order valence-corrected chi connectivity index (χ0v) is 22.3. The summed E-state index contributed by atoms with van der Waals surface area (Å²) in [7, 11) is 0. The molecular formula is C31H30N4O4. The second-order valence-electron chi connectivity index (χ2n) is 10.3. The first-order valence-electron chi connectivity index (χ1n) is 13.3. The fraction of sp³-hybridized carbons (Fsp3) is 0.290. The Morgan fingerprint density at radius 2 is 1.87 bits per heavy atom. The molecule has 3 heterocycles. The maximum atomic E-state index is 13.5. The predicted octanol–water partition coefficient (Wildman–Crippen LogP) is 5.62. The van der Waals surface area contributed by atoms with Crippen molar-refractivity contribution in [3.05, 3.63) is 93.7 Å². The van der Waals surface area contributed by atoms with Crippen LogP contribution in [0.25, 0.3) is 22.0 Å². The molecular weight excluding hydrogens is 492 g/mol. The van der Waals surface area contributed by atoms with Crippen molar-refractivity contribution in [1.82, 2.24) is 19.9 Å². The topological polar surface area (TPSA) is 101 Å². The zero-order valence-electron chi connectivity index (χ0n) is 22.3. The number of aromatic nitrogens is 3. The van der Waals surface area contributed by atoms with Gasteiger partial charge in [0.25, 0.3) is 5.91 Å². The van der Waals surface area contributed by atoms with Crippen LogP contribution >= 0.6 is 0 Å². The van der Waals surface area contributed by atoms with Crippen molar-refractivity contribution in [1.29, 1.82) is 0 Å². The van der Waals surface area contributed by atoms with Crippen molar-refractivity contribution in [3.8, 4) is 0 Å². The van der Waals surface area contributed by atoms with E-state index < -0.39 is 5.97 Å². The Kier molecular flexibility index (Phi) is 6.17. The molecule has 1 aliphatic heterocycles. The highest BCUT2D eigenvalue weighted by molar-refractivity contribution is 5.99. The number of fused-ring (bicyclic) bond motifs is 3. The highest BCUT2D eigenvalue weighted by Crippen LogP contribution is 2.35. The van der Waals surface area contributed by atoms with E-state index in [-0.39, 0.29) is 18.2 Å². The predicted molar refractivity (Wildman–Crippen MR) is 148 cm³/mol. The van der Waals surface area contributed by atoms with Gasteiger partial charge in [-0.05, 0) is 67.1 Å². The number of hydrogen-bond donors (Lipinski definition) is 1. The average Bonchev–Trinajstić information content (AvgIpc) is 3.52. The van der Waals surface area contributed by atoms with E-state index in [1.807, 2.05) is 72.8 Å². The average molecular weight is 523 g/mol. The van der Waals surface area contributed by atoms with Gasteiger partial charge < -0.3 is 14.4 Å². The van der Waals surface area contributed by atoms with E-state index in [1.54, 1.807) is 0 Å². The van der Waals surface area contributed by atoms with E-state index in [0.29, 0.717) is 31.0 Å². The van der Waals surface area contributed by atoms with Gasteiger partial charge >= 0.3 is 5.97 Å². The highest BCUT2D eigenvalue weighted by atomic mass is 16.4. The minimum atomic E-state index is -0.869. The van der Waals surface area contributed by atoms with Gasteiger partial charge in [-0.1, -0.05) is 47.7 Å². The van der Waals surface area contributed by atoms with Crippen LogP contribution in [0.1, 0.15) is 63.2 Å². The van der Waals surface area contributed by atoms with Gasteiger partial charge in [0.05, 0.1) is 11.9 Å². The third-order valence-electron chi connectivity index (χ3n) is 8.01. The molecule has 0 bridgehead atoms. The molecule has 0 aliphatic carbocycles. The first-order chi connectivity index (χ1) is 18.9. The van der Waals surface area contributed by atoms with Crippen LogP contribution < -0.4 is 0 Å². The van der Waals surface area contributed by atoms with E-state index in [1.165, 1.54) is 5.56 Å². The van der Waals surface area contributed by atoms with Crippen LogP contribution in [0.3, 0.4) is 0 Å². The molecule has 39 heavy (non-hydrogen) atoms. The van der Waals surface area contributed by atoms with Gasteiger partial charge in [-0.15, -0.1) is 5.10 Å². The molecule has 5 aromatic rings. The number of aryl methyl sites for hydroxylation is 3. The number of hydrogen-bond acceptors (Lipinski definition) is 5.